The van der Waals surface area contributed by atoms with Crippen LogP contribution in [0.5, 0.6) is 0 Å². The van der Waals surface area contributed by atoms with Crippen LogP contribution < -0.4 is 15.8 Å². The van der Waals surface area contributed by atoms with E-state index in [9.17, 15) is 22.0 Å². The van der Waals surface area contributed by atoms with Crippen molar-refractivity contribution in [3.8, 4) is 0 Å². The molecule has 1 heterocycles. The molecule has 34 heavy (non-hydrogen) atoms. The number of anilines is 2. The van der Waals surface area contributed by atoms with E-state index in [0.717, 1.165) is 13.1 Å². The van der Waals surface area contributed by atoms with E-state index in [4.69, 9.17) is 22.1 Å². The van der Waals surface area contributed by atoms with Gasteiger partial charge in [-0.2, -0.15) is 4.98 Å². The fraction of sp³-hybridized carbons (Fsp3) is 0.667. The summed E-state index contributed by atoms with van der Waals surface area (Å²) in [6, 6.07) is -0.155. The molecule has 0 bridgehead atoms. The third-order valence-corrected chi connectivity index (χ3v) is 7.66. The maximum Gasteiger partial charge on any atom is 0.224 e. The zero-order valence-electron chi connectivity index (χ0n) is 19.5. The number of hydrogen-bond acceptors (Lipinski definition) is 8. The van der Waals surface area contributed by atoms with E-state index in [1.807, 2.05) is 0 Å². The average molecular weight is 524 g/mol. The van der Waals surface area contributed by atoms with Gasteiger partial charge in [0.05, 0.1) is 17.4 Å². The van der Waals surface area contributed by atoms with Crippen LogP contribution in [0.3, 0.4) is 0 Å². The quantitative estimate of drug-likeness (QED) is 0.216. The molecule has 1 aliphatic rings. The molecule has 0 radical (unpaired) electrons. The normalized spacial score (nSPS) is 22.1. The van der Waals surface area contributed by atoms with Crippen molar-refractivity contribution < 1.29 is 26.7 Å². The third-order valence-electron chi connectivity index (χ3n) is 5.88. The predicted octanol–water partition coefficient (Wildman–Crippen LogP) is 3.13. The van der Waals surface area contributed by atoms with Crippen molar-refractivity contribution in [2.24, 2.45) is 0 Å². The van der Waals surface area contributed by atoms with Crippen molar-refractivity contribution in [3.63, 3.8) is 0 Å². The molecule has 1 fully saturated rings. The smallest absolute Gasteiger partial charge is 0.224 e. The van der Waals surface area contributed by atoms with Crippen LogP contribution >= 0.6 is 11.6 Å². The molecule has 2 rings (SSSR count). The lowest BCUT2D eigenvalue weighted by Crippen LogP contribution is -2.41. The molecule has 0 saturated heterocycles. The largest absolute Gasteiger partial charge is 0.383 e. The second kappa shape index (κ2) is 12.2. The van der Waals surface area contributed by atoms with Gasteiger partial charge in [0, 0.05) is 37.3 Å². The Labute approximate surface area is 203 Å². The van der Waals surface area contributed by atoms with E-state index in [-0.39, 0.29) is 35.2 Å². The highest BCUT2D eigenvalue weighted by atomic mass is 35.5. The first kappa shape index (κ1) is 28.3. The first-order chi connectivity index (χ1) is 15.9. The van der Waals surface area contributed by atoms with E-state index in [1.165, 1.54) is 14.0 Å². The Bertz CT molecular complexity index is 985. The monoisotopic (exact) mass is 523 g/mol. The Morgan fingerprint density at radius 3 is 2.56 bits per heavy atom. The van der Waals surface area contributed by atoms with Gasteiger partial charge < -0.3 is 15.8 Å². The van der Waals surface area contributed by atoms with Crippen LogP contribution in [0.4, 0.5) is 20.5 Å². The highest BCUT2D eigenvalue weighted by Crippen LogP contribution is 2.29. The van der Waals surface area contributed by atoms with E-state index in [0.29, 0.717) is 44.1 Å². The number of halogens is 3. The number of rotatable bonds is 12. The summed E-state index contributed by atoms with van der Waals surface area (Å²) in [4.78, 5) is 20.5. The van der Waals surface area contributed by atoms with Gasteiger partial charge in [0.15, 0.2) is 11.5 Å². The summed E-state index contributed by atoms with van der Waals surface area (Å²) in [7, 11) is -2.11. The van der Waals surface area contributed by atoms with Gasteiger partial charge in [-0.3, -0.25) is 4.79 Å². The Hall–Kier alpha value is -1.89. The van der Waals surface area contributed by atoms with Gasteiger partial charge in [-0.05, 0) is 46.0 Å². The summed E-state index contributed by atoms with van der Waals surface area (Å²) in [6.45, 7) is 2.33. The second-order valence-corrected chi connectivity index (χ2v) is 10.7. The molecular formula is C21H32ClF2N5O4S. The van der Waals surface area contributed by atoms with Crippen LogP contribution in [0.25, 0.3) is 0 Å². The number of carbonyl (C=O) groups excluding carboxylic acids is 1. The summed E-state index contributed by atoms with van der Waals surface area (Å²) in [5.41, 5.74) is 3.22. The Morgan fingerprint density at radius 1 is 1.38 bits per heavy atom. The molecule has 0 amide bonds. The average Bonchev–Trinajstić information content (AvgIpc) is 2.78. The molecular weight excluding hydrogens is 492 g/mol. The van der Waals surface area contributed by atoms with Crippen molar-refractivity contribution in [3.05, 3.63) is 23.7 Å². The highest BCUT2D eigenvalue weighted by Gasteiger charge is 2.37. The number of ketones is 1. The minimum Gasteiger partial charge on any atom is -0.383 e. The zero-order chi connectivity index (χ0) is 25.5. The molecule has 0 aromatic carbocycles. The number of nitrogens with two attached hydrogens (primary N) is 1. The van der Waals surface area contributed by atoms with Crippen LogP contribution in [0, 0.1) is 0 Å². The van der Waals surface area contributed by atoms with Crippen LogP contribution in [0.15, 0.2) is 18.1 Å². The molecule has 2 atom stereocenters. The minimum atomic E-state index is -3.35. The van der Waals surface area contributed by atoms with Gasteiger partial charge in [0.1, 0.15) is 11.6 Å². The SMILES string of the molecule is CO[C@H](C)C(C)(F)/C(F)=C/C(=O)c1cnc(NC2CCC(NS(=O)(=O)CCCCl)CC2)nc1N. The number of aromatic nitrogens is 2. The maximum atomic E-state index is 14.5. The highest BCUT2D eigenvalue weighted by molar-refractivity contribution is 7.89. The lowest BCUT2D eigenvalue weighted by Gasteiger charge is -2.29. The Balaban J connectivity index is 1.96. The van der Waals surface area contributed by atoms with Crippen LogP contribution in [0.1, 0.15) is 56.3 Å². The molecule has 1 aromatic heterocycles. The first-order valence-electron chi connectivity index (χ1n) is 11.0. The number of carbonyl (C=O) groups is 1. The van der Waals surface area contributed by atoms with Crippen molar-refractivity contribution in [1.82, 2.24) is 14.7 Å². The number of nitrogens with zero attached hydrogens (tertiary/aromatic N) is 2. The number of allylic oxidation sites excluding steroid dienone is 1. The molecule has 1 saturated carbocycles. The molecule has 192 valence electrons. The van der Waals surface area contributed by atoms with E-state index in [2.05, 4.69) is 20.0 Å². The fourth-order valence-electron chi connectivity index (χ4n) is 3.50. The first-order valence-corrected chi connectivity index (χ1v) is 13.2. The Morgan fingerprint density at radius 2 is 2.00 bits per heavy atom. The number of sulfonamides is 1. The topological polar surface area (TPSA) is 136 Å². The summed E-state index contributed by atoms with van der Waals surface area (Å²) in [6.07, 6.45) is 3.59. The fourth-order valence-corrected chi connectivity index (χ4v) is 5.18. The van der Waals surface area contributed by atoms with E-state index < -0.39 is 33.4 Å². The molecule has 13 heteroatoms. The molecule has 1 aliphatic carbocycles. The second-order valence-electron chi connectivity index (χ2n) is 8.47. The predicted molar refractivity (Wildman–Crippen MR) is 128 cm³/mol. The van der Waals surface area contributed by atoms with Crippen molar-refractivity contribution >= 4 is 39.2 Å². The van der Waals surface area contributed by atoms with Crippen LogP contribution in [-0.2, 0) is 14.8 Å². The summed E-state index contributed by atoms with van der Waals surface area (Å²) >= 11 is 5.56. The number of hydrogen-bond donors (Lipinski definition) is 3. The summed E-state index contributed by atoms with van der Waals surface area (Å²) < 4.78 is 60.4. The van der Waals surface area contributed by atoms with Crippen LogP contribution in [0.2, 0.25) is 0 Å². The van der Waals surface area contributed by atoms with Gasteiger partial charge in [-0.25, -0.2) is 26.9 Å². The van der Waals surface area contributed by atoms with E-state index in [1.54, 1.807) is 0 Å². The van der Waals surface area contributed by atoms with Gasteiger partial charge in [0.2, 0.25) is 16.0 Å². The molecule has 1 unspecified atom stereocenters. The number of ether oxygens (including phenoxy) is 1. The van der Waals surface area contributed by atoms with Gasteiger partial charge in [-0.1, -0.05) is 0 Å². The minimum absolute atomic E-state index is 0.00191. The van der Waals surface area contributed by atoms with Crippen molar-refractivity contribution in [2.75, 3.05) is 29.8 Å². The standard InChI is InChI=1S/C21H32ClF2N5O4S/c1-13(33-3)21(2,24)18(23)11-17(30)16-12-26-20(28-19(16)25)27-14-5-7-15(8-6-14)29-34(31,32)10-4-9-22/h11-15,29H,4-10H2,1-3H3,(H3,25,26,27,28)/b18-11-/t13-,14?,15?,21?/m1/s1. The number of nitrogen functional groups attached to an aromatic ring is 1. The van der Waals surface area contributed by atoms with Gasteiger partial charge in [-0.15, -0.1) is 11.6 Å². The molecule has 0 spiro atoms. The van der Waals surface area contributed by atoms with E-state index >= 15 is 0 Å². The number of nitrogens with one attached hydrogen (secondary N) is 2. The van der Waals surface area contributed by atoms with Crippen molar-refractivity contribution in [2.45, 2.75) is 69.8 Å². The summed E-state index contributed by atoms with van der Waals surface area (Å²) in [5.74, 6) is -1.85. The summed E-state index contributed by atoms with van der Waals surface area (Å²) in [5, 5.41) is 3.12. The number of methoxy groups -OCH3 is 1. The molecule has 1 aromatic rings. The lowest BCUT2D eigenvalue weighted by molar-refractivity contribution is -0.00525. The molecule has 9 nitrogen and oxygen atoms in total. The zero-order valence-corrected chi connectivity index (χ0v) is 21.1. The van der Waals surface area contributed by atoms with Gasteiger partial charge >= 0.3 is 0 Å². The van der Waals surface area contributed by atoms with Gasteiger partial charge in [0.25, 0.3) is 0 Å². The maximum absolute atomic E-state index is 14.5. The Kier molecular flexibility index (Phi) is 10.2. The molecule has 0 aliphatic heterocycles. The third kappa shape index (κ3) is 7.82. The molecule has 4 N–H and O–H groups in total. The number of alkyl halides is 2. The van der Waals surface area contributed by atoms with Crippen LogP contribution in [-0.4, -0.2) is 66.8 Å². The lowest BCUT2D eigenvalue weighted by atomic mass is 9.92. The van der Waals surface area contributed by atoms with Crippen molar-refractivity contribution in [1.29, 1.82) is 0 Å².